The monoisotopic (exact) mass is 253 g/mol. The molecule has 0 N–H and O–H groups in total. The van der Waals surface area contributed by atoms with Gasteiger partial charge in [0.15, 0.2) is 4.96 Å². The minimum Gasteiger partial charge on any atom is -0.290 e. The lowest BCUT2D eigenvalue weighted by Gasteiger charge is -2.01. The van der Waals surface area contributed by atoms with Crippen molar-refractivity contribution in [1.29, 1.82) is 5.26 Å². The zero-order valence-corrected chi connectivity index (χ0v) is 10.7. The van der Waals surface area contributed by atoms with Gasteiger partial charge in [-0.3, -0.25) is 4.40 Å². The lowest BCUT2D eigenvalue weighted by Crippen LogP contribution is -1.94. The van der Waals surface area contributed by atoms with Crippen molar-refractivity contribution < 1.29 is 0 Å². The molecule has 3 nitrogen and oxygen atoms in total. The number of nitriles is 1. The molecule has 2 aromatic heterocycles. The molecule has 0 spiro atoms. The number of hydrogen-bond acceptors (Lipinski definition) is 3. The molecule has 0 saturated carbocycles. The van der Waals surface area contributed by atoms with Crippen LogP contribution < -0.4 is 0 Å². The lowest BCUT2D eigenvalue weighted by atomic mass is 10.1. The van der Waals surface area contributed by atoms with E-state index in [1.807, 2.05) is 37.3 Å². The van der Waals surface area contributed by atoms with Gasteiger partial charge in [0.05, 0.1) is 23.9 Å². The van der Waals surface area contributed by atoms with Gasteiger partial charge in [0, 0.05) is 16.6 Å². The molecular formula is C14H11N3S. The average molecular weight is 253 g/mol. The molecule has 88 valence electrons. The predicted molar refractivity (Wildman–Crippen MR) is 72.6 cm³/mol. The van der Waals surface area contributed by atoms with E-state index < -0.39 is 0 Å². The topological polar surface area (TPSA) is 41.1 Å². The highest BCUT2D eigenvalue weighted by Gasteiger charge is 2.15. The molecule has 2 heterocycles. The van der Waals surface area contributed by atoms with Crippen molar-refractivity contribution in [2.75, 3.05) is 0 Å². The molecule has 0 fully saturated rings. The van der Waals surface area contributed by atoms with Crippen LogP contribution in [-0.2, 0) is 6.42 Å². The molecule has 0 aliphatic carbocycles. The highest BCUT2D eigenvalue weighted by Crippen LogP contribution is 2.28. The highest BCUT2D eigenvalue weighted by molar-refractivity contribution is 7.15. The summed E-state index contributed by atoms with van der Waals surface area (Å²) in [4.78, 5) is 5.61. The SMILES string of the molecule is Cc1csc2nc(-c3ccccc3)c(CC#N)n12. The number of rotatable bonds is 2. The first-order chi connectivity index (χ1) is 8.81. The van der Waals surface area contributed by atoms with Gasteiger partial charge in [-0.15, -0.1) is 11.3 Å². The van der Waals surface area contributed by atoms with Crippen molar-refractivity contribution in [3.8, 4) is 17.3 Å². The van der Waals surface area contributed by atoms with E-state index in [0.717, 1.165) is 27.6 Å². The second-order valence-corrected chi connectivity index (χ2v) is 4.94. The summed E-state index contributed by atoms with van der Waals surface area (Å²) in [7, 11) is 0. The quantitative estimate of drug-likeness (QED) is 0.702. The Bertz CT molecular complexity index is 732. The van der Waals surface area contributed by atoms with Crippen molar-refractivity contribution in [3.63, 3.8) is 0 Å². The third-order valence-electron chi connectivity index (χ3n) is 2.92. The van der Waals surface area contributed by atoms with Crippen LogP contribution in [0.2, 0.25) is 0 Å². The molecule has 1 aromatic carbocycles. The van der Waals surface area contributed by atoms with Gasteiger partial charge in [-0.05, 0) is 6.92 Å². The van der Waals surface area contributed by atoms with Gasteiger partial charge in [-0.1, -0.05) is 30.3 Å². The van der Waals surface area contributed by atoms with Gasteiger partial charge in [0.25, 0.3) is 0 Å². The van der Waals surface area contributed by atoms with E-state index in [1.165, 1.54) is 0 Å². The van der Waals surface area contributed by atoms with Crippen LogP contribution in [0.4, 0.5) is 0 Å². The number of aromatic nitrogens is 2. The van der Waals surface area contributed by atoms with Crippen LogP contribution in [0.25, 0.3) is 16.2 Å². The van der Waals surface area contributed by atoms with Gasteiger partial charge in [0.2, 0.25) is 0 Å². The van der Waals surface area contributed by atoms with Crippen molar-refractivity contribution in [3.05, 3.63) is 47.1 Å². The molecule has 18 heavy (non-hydrogen) atoms. The molecule has 0 atom stereocenters. The van der Waals surface area contributed by atoms with E-state index in [0.29, 0.717) is 6.42 Å². The van der Waals surface area contributed by atoms with E-state index in [9.17, 15) is 0 Å². The fourth-order valence-corrected chi connectivity index (χ4v) is 3.01. The van der Waals surface area contributed by atoms with Gasteiger partial charge in [-0.2, -0.15) is 5.26 Å². The van der Waals surface area contributed by atoms with Crippen molar-refractivity contribution >= 4 is 16.3 Å². The number of thiazole rings is 1. The smallest absolute Gasteiger partial charge is 0.194 e. The summed E-state index contributed by atoms with van der Waals surface area (Å²) in [6.45, 7) is 2.04. The van der Waals surface area contributed by atoms with E-state index in [-0.39, 0.29) is 0 Å². The van der Waals surface area contributed by atoms with Crippen molar-refractivity contribution in [2.24, 2.45) is 0 Å². The van der Waals surface area contributed by atoms with E-state index in [4.69, 9.17) is 5.26 Å². The molecule has 3 aromatic rings. The first kappa shape index (κ1) is 11.0. The minimum absolute atomic E-state index is 0.378. The van der Waals surface area contributed by atoms with E-state index in [1.54, 1.807) is 11.3 Å². The van der Waals surface area contributed by atoms with Crippen LogP contribution in [0.15, 0.2) is 35.7 Å². The molecule has 0 unspecified atom stereocenters. The molecule has 3 rings (SSSR count). The minimum atomic E-state index is 0.378. The molecule has 4 heteroatoms. The highest BCUT2D eigenvalue weighted by atomic mass is 32.1. The summed E-state index contributed by atoms with van der Waals surface area (Å²) in [6.07, 6.45) is 0.378. The Hall–Kier alpha value is -2.12. The number of fused-ring (bicyclic) bond motifs is 1. The van der Waals surface area contributed by atoms with E-state index >= 15 is 0 Å². The van der Waals surface area contributed by atoms with Gasteiger partial charge < -0.3 is 0 Å². The molecule has 0 radical (unpaired) electrons. The fraction of sp³-hybridized carbons (Fsp3) is 0.143. The maximum absolute atomic E-state index is 9.01. The number of benzene rings is 1. The summed E-state index contributed by atoms with van der Waals surface area (Å²) in [5.74, 6) is 0. The Morgan fingerprint density at radius 2 is 2.11 bits per heavy atom. The molecule has 0 aliphatic rings. The van der Waals surface area contributed by atoms with E-state index in [2.05, 4.69) is 20.8 Å². The fourth-order valence-electron chi connectivity index (χ4n) is 2.13. The lowest BCUT2D eigenvalue weighted by molar-refractivity contribution is 1.03. The average Bonchev–Trinajstić information content (AvgIpc) is 2.93. The molecule has 0 amide bonds. The number of hydrogen-bond donors (Lipinski definition) is 0. The largest absolute Gasteiger partial charge is 0.290 e. The zero-order valence-electron chi connectivity index (χ0n) is 9.92. The normalized spacial score (nSPS) is 10.7. The molecule has 0 saturated heterocycles. The van der Waals surface area contributed by atoms with Gasteiger partial charge >= 0.3 is 0 Å². The third kappa shape index (κ3) is 1.60. The van der Waals surface area contributed by atoms with Crippen LogP contribution in [0, 0.1) is 18.3 Å². The Morgan fingerprint density at radius 3 is 2.83 bits per heavy atom. The van der Waals surface area contributed by atoms with Crippen LogP contribution in [0.3, 0.4) is 0 Å². The third-order valence-corrected chi connectivity index (χ3v) is 3.87. The summed E-state index contributed by atoms with van der Waals surface area (Å²) in [5, 5.41) is 11.1. The van der Waals surface area contributed by atoms with Crippen LogP contribution in [0.5, 0.6) is 0 Å². The van der Waals surface area contributed by atoms with Crippen LogP contribution >= 0.6 is 11.3 Å². The van der Waals surface area contributed by atoms with Crippen molar-refractivity contribution in [2.45, 2.75) is 13.3 Å². The summed E-state index contributed by atoms with van der Waals surface area (Å²) in [5.41, 5.74) is 4.11. The summed E-state index contributed by atoms with van der Waals surface area (Å²) >= 11 is 1.61. The van der Waals surface area contributed by atoms with Crippen molar-refractivity contribution in [1.82, 2.24) is 9.38 Å². The second kappa shape index (κ2) is 4.28. The molecular weight excluding hydrogens is 242 g/mol. The number of nitrogens with zero attached hydrogens (tertiary/aromatic N) is 3. The number of aryl methyl sites for hydroxylation is 1. The van der Waals surface area contributed by atoms with Gasteiger partial charge in [-0.25, -0.2) is 4.98 Å². The van der Waals surface area contributed by atoms with Gasteiger partial charge in [0.1, 0.15) is 0 Å². The summed E-state index contributed by atoms with van der Waals surface area (Å²) in [6, 6.07) is 12.3. The maximum Gasteiger partial charge on any atom is 0.194 e. The Labute approximate surface area is 109 Å². The Kier molecular flexibility index (Phi) is 2.62. The first-order valence-corrected chi connectivity index (χ1v) is 6.57. The number of imidazole rings is 1. The molecule has 0 bridgehead atoms. The first-order valence-electron chi connectivity index (χ1n) is 5.69. The Morgan fingerprint density at radius 1 is 1.33 bits per heavy atom. The van der Waals surface area contributed by atoms with Crippen LogP contribution in [-0.4, -0.2) is 9.38 Å². The Balaban J connectivity index is 2.30. The predicted octanol–water partition coefficient (Wildman–Crippen LogP) is 3.44. The maximum atomic E-state index is 9.01. The second-order valence-electron chi connectivity index (χ2n) is 4.10. The van der Waals surface area contributed by atoms with Crippen LogP contribution in [0.1, 0.15) is 11.4 Å². The summed E-state index contributed by atoms with van der Waals surface area (Å²) < 4.78 is 2.08. The zero-order chi connectivity index (χ0) is 12.5. The standard InChI is InChI=1S/C14H11N3S/c1-10-9-18-14-16-13(11-5-3-2-4-6-11)12(7-8-15)17(10)14/h2-6,9H,7H2,1H3. The molecule has 0 aliphatic heterocycles.